The average Bonchev–Trinajstić information content (AvgIpc) is 2.96. The van der Waals surface area contributed by atoms with Gasteiger partial charge in [0.05, 0.1) is 11.9 Å². The van der Waals surface area contributed by atoms with Gasteiger partial charge >= 0.3 is 0 Å². The van der Waals surface area contributed by atoms with Crippen LogP contribution in [0.4, 0.5) is 20.3 Å². The number of nitrogens with one attached hydrogen (secondary N) is 1. The van der Waals surface area contributed by atoms with Crippen LogP contribution in [0.1, 0.15) is 11.8 Å². The fourth-order valence-corrected chi connectivity index (χ4v) is 3.36. The molecule has 1 N–H and O–H groups in total. The van der Waals surface area contributed by atoms with Crippen LogP contribution in [0, 0.1) is 18.6 Å². The minimum Gasteiger partial charge on any atom is -0.347 e. The maximum absolute atomic E-state index is 13.7. The van der Waals surface area contributed by atoms with Crippen LogP contribution in [0.5, 0.6) is 0 Å². The zero-order chi connectivity index (χ0) is 18.0. The number of amides is 1. The first-order valence-corrected chi connectivity index (χ1v) is 8.51. The van der Waals surface area contributed by atoms with Gasteiger partial charge in [-0.3, -0.25) is 4.79 Å². The molecule has 1 aromatic carbocycles. The summed E-state index contributed by atoms with van der Waals surface area (Å²) >= 11 is 1.54. The molecule has 2 aromatic heterocycles. The summed E-state index contributed by atoms with van der Waals surface area (Å²) in [7, 11) is 0. The molecular weight excluding hydrogens is 346 g/mol. The average molecular weight is 362 g/mol. The van der Waals surface area contributed by atoms with E-state index in [1.807, 2.05) is 19.9 Å². The van der Waals surface area contributed by atoms with Crippen LogP contribution in [0.25, 0.3) is 10.2 Å². The number of carbonyl (C=O) groups excluding carboxylic acids is 1. The van der Waals surface area contributed by atoms with E-state index >= 15 is 0 Å². The van der Waals surface area contributed by atoms with Crippen LogP contribution in [-0.4, -0.2) is 29.0 Å². The highest BCUT2D eigenvalue weighted by Gasteiger charge is 2.18. The highest BCUT2D eigenvalue weighted by molar-refractivity contribution is 7.18. The lowest BCUT2D eigenvalue weighted by Crippen LogP contribution is -2.34. The van der Waals surface area contributed by atoms with E-state index in [0.717, 1.165) is 27.2 Å². The van der Waals surface area contributed by atoms with Crippen molar-refractivity contribution in [3.63, 3.8) is 0 Å². The molecule has 130 valence electrons. The Kier molecular flexibility index (Phi) is 4.89. The fourth-order valence-electron chi connectivity index (χ4n) is 2.52. The van der Waals surface area contributed by atoms with Gasteiger partial charge in [-0.15, -0.1) is 11.3 Å². The molecule has 0 aliphatic heterocycles. The van der Waals surface area contributed by atoms with E-state index in [1.165, 1.54) is 12.4 Å². The van der Waals surface area contributed by atoms with Crippen molar-refractivity contribution in [3.05, 3.63) is 47.1 Å². The van der Waals surface area contributed by atoms with Gasteiger partial charge in [0.2, 0.25) is 5.91 Å². The van der Waals surface area contributed by atoms with E-state index in [1.54, 1.807) is 16.2 Å². The Labute approximate surface area is 147 Å². The van der Waals surface area contributed by atoms with Gasteiger partial charge in [-0.25, -0.2) is 18.7 Å². The molecule has 0 aliphatic carbocycles. The minimum absolute atomic E-state index is 0.0781. The van der Waals surface area contributed by atoms with Gasteiger partial charge in [0.15, 0.2) is 0 Å². The number of carbonyl (C=O) groups is 1. The van der Waals surface area contributed by atoms with Crippen LogP contribution in [0.3, 0.4) is 0 Å². The smallest absolute Gasteiger partial charge is 0.244 e. The summed E-state index contributed by atoms with van der Waals surface area (Å²) in [6, 6.07) is 5.40. The number of aromatic nitrogens is 2. The first kappa shape index (κ1) is 17.2. The summed E-state index contributed by atoms with van der Waals surface area (Å²) in [5, 5.41) is 3.15. The van der Waals surface area contributed by atoms with Crippen LogP contribution >= 0.6 is 11.3 Å². The first-order chi connectivity index (χ1) is 12.0. The van der Waals surface area contributed by atoms with Crippen molar-refractivity contribution in [2.24, 2.45) is 0 Å². The summed E-state index contributed by atoms with van der Waals surface area (Å²) in [5.74, 6) is -1.52. The predicted octanol–water partition coefficient (Wildman–Crippen LogP) is 3.74. The fraction of sp³-hybridized carbons (Fsp3) is 0.235. The first-order valence-electron chi connectivity index (χ1n) is 7.69. The molecule has 0 saturated carbocycles. The van der Waals surface area contributed by atoms with Gasteiger partial charge in [-0.2, -0.15) is 0 Å². The lowest BCUT2D eigenvalue weighted by molar-refractivity contribution is -0.115. The molecule has 0 fully saturated rings. The third-order valence-corrected chi connectivity index (χ3v) is 4.63. The number of aryl methyl sites for hydroxylation is 1. The number of nitrogens with zero attached hydrogens (tertiary/aromatic N) is 3. The second-order valence-corrected chi connectivity index (χ2v) is 6.67. The Hall–Kier alpha value is -2.61. The molecule has 3 rings (SSSR count). The highest BCUT2D eigenvalue weighted by Crippen LogP contribution is 2.29. The largest absolute Gasteiger partial charge is 0.347 e. The van der Waals surface area contributed by atoms with Crippen molar-refractivity contribution in [1.82, 2.24) is 9.97 Å². The zero-order valence-electron chi connectivity index (χ0n) is 13.7. The van der Waals surface area contributed by atoms with E-state index in [9.17, 15) is 13.6 Å². The number of benzene rings is 1. The maximum Gasteiger partial charge on any atom is 0.244 e. The third-order valence-electron chi connectivity index (χ3n) is 3.67. The molecular formula is C17H16F2N4OS. The van der Waals surface area contributed by atoms with Crippen molar-refractivity contribution < 1.29 is 13.6 Å². The molecule has 1 amide bonds. The molecule has 0 saturated heterocycles. The number of thiophene rings is 1. The van der Waals surface area contributed by atoms with Crippen molar-refractivity contribution in [3.8, 4) is 0 Å². The van der Waals surface area contributed by atoms with Crippen LogP contribution in [0.15, 0.2) is 30.6 Å². The van der Waals surface area contributed by atoms with Gasteiger partial charge < -0.3 is 10.2 Å². The lowest BCUT2D eigenvalue weighted by atomic mass is 10.2. The van der Waals surface area contributed by atoms with Crippen LogP contribution in [-0.2, 0) is 4.79 Å². The number of likely N-dealkylation sites (N-methyl/N-ethyl adjacent to an activating group) is 1. The number of fused-ring (bicyclic) bond motifs is 1. The normalized spacial score (nSPS) is 10.9. The summed E-state index contributed by atoms with van der Waals surface area (Å²) in [6.45, 7) is 4.28. The van der Waals surface area contributed by atoms with Gasteiger partial charge in [-0.1, -0.05) is 6.07 Å². The van der Waals surface area contributed by atoms with E-state index < -0.39 is 23.2 Å². The Morgan fingerprint density at radius 3 is 2.68 bits per heavy atom. The molecule has 8 heteroatoms. The maximum atomic E-state index is 13.7. The number of hydrogen-bond acceptors (Lipinski definition) is 5. The van der Waals surface area contributed by atoms with Crippen molar-refractivity contribution >= 4 is 39.0 Å². The molecule has 5 nitrogen and oxygen atoms in total. The van der Waals surface area contributed by atoms with Crippen LogP contribution in [0.2, 0.25) is 0 Å². The predicted molar refractivity (Wildman–Crippen MR) is 95.0 cm³/mol. The van der Waals surface area contributed by atoms with Crippen LogP contribution < -0.4 is 10.2 Å². The summed E-state index contributed by atoms with van der Waals surface area (Å²) in [5.41, 5.74) is -0.442. The Bertz CT molecular complexity index is 908. The Morgan fingerprint density at radius 1 is 1.28 bits per heavy atom. The quantitative estimate of drug-likeness (QED) is 0.751. The molecule has 0 bridgehead atoms. The van der Waals surface area contributed by atoms with Gasteiger partial charge in [-0.05, 0) is 32.0 Å². The third kappa shape index (κ3) is 3.58. The van der Waals surface area contributed by atoms with Gasteiger partial charge in [0.25, 0.3) is 0 Å². The molecule has 0 radical (unpaired) electrons. The zero-order valence-corrected chi connectivity index (χ0v) is 14.5. The summed E-state index contributed by atoms with van der Waals surface area (Å²) in [4.78, 5) is 24.4. The molecule has 25 heavy (non-hydrogen) atoms. The van der Waals surface area contributed by atoms with E-state index in [0.29, 0.717) is 12.4 Å². The summed E-state index contributed by atoms with van der Waals surface area (Å²) in [6.07, 6.45) is 1.45. The van der Waals surface area contributed by atoms with Gasteiger partial charge in [0.1, 0.15) is 34.3 Å². The topological polar surface area (TPSA) is 58.1 Å². The molecule has 0 spiro atoms. The number of anilines is 2. The highest BCUT2D eigenvalue weighted by atomic mass is 32.1. The Balaban J connectivity index is 1.83. The lowest BCUT2D eigenvalue weighted by Gasteiger charge is -2.22. The molecule has 3 aromatic rings. The standard InChI is InChI=1S/C17H16F2N4OS/c1-3-23(16-11-7-10(2)25-17(11)21-9-20-16)8-14(24)22-15-12(18)5-4-6-13(15)19/h4-7,9H,3,8H2,1-2H3,(H,22,24). The van der Waals surface area contributed by atoms with Crippen molar-refractivity contribution in [1.29, 1.82) is 0 Å². The minimum atomic E-state index is -0.811. The summed E-state index contributed by atoms with van der Waals surface area (Å²) < 4.78 is 27.4. The van der Waals surface area contributed by atoms with Crippen molar-refractivity contribution in [2.75, 3.05) is 23.3 Å². The second-order valence-electron chi connectivity index (χ2n) is 5.43. The monoisotopic (exact) mass is 362 g/mol. The molecule has 2 heterocycles. The van der Waals surface area contributed by atoms with Gasteiger partial charge in [0, 0.05) is 11.4 Å². The molecule has 0 aliphatic rings. The van der Waals surface area contributed by atoms with Crippen molar-refractivity contribution in [2.45, 2.75) is 13.8 Å². The SMILES string of the molecule is CCN(CC(=O)Nc1c(F)cccc1F)c1ncnc2sc(C)cc12. The number of hydrogen-bond donors (Lipinski definition) is 1. The number of para-hydroxylation sites is 1. The number of rotatable bonds is 5. The second kappa shape index (κ2) is 7.10. The molecule has 0 atom stereocenters. The number of halogens is 2. The van der Waals surface area contributed by atoms with E-state index in [-0.39, 0.29) is 6.54 Å². The molecule has 0 unspecified atom stereocenters. The van der Waals surface area contributed by atoms with E-state index in [4.69, 9.17) is 0 Å². The van der Waals surface area contributed by atoms with E-state index in [2.05, 4.69) is 15.3 Å². The Morgan fingerprint density at radius 2 is 2.00 bits per heavy atom.